The van der Waals surface area contributed by atoms with Crippen LogP contribution in [0.5, 0.6) is 0 Å². The van der Waals surface area contributed by atoms with Crippen molar-refractivity contribution in [1.82, 2.24) is 0 Å². The molecule has 6 N–H and O–H groups in total. The molecule has 0 saturated heterocycles. The molecular formula is C6H15N5O2S. The lowest BCUT2D eigenvalue weighted by Gasteiger charge is -1.97. The Bertz CT molecular complexity index is 328. The molecule has 0 aromatic rings. The van der Waals surface area contributed by atoms with E-state index < -0.39 is 9.84 Å². The molecule has 7 nitrogen and oxygen atoms in total. The van der Waals surface area contributed by atoms with Crippen molar-refractivity contribution in [3.05, 3.63) is 0 Å². The molecular weight excluding hydrogens is 206 g/mol. The fourth-order valence-corrected chi connectivity index (χ4v) is 1.27. The third-order valence-corrected chi connectivity index (χ3v) is 3.04. The van der Waals surface area contributed by atoms with Gasteiger partial charge in [-0.25, -0.2) is 8.42 Å². The van der Waals surface area contributed by atoms with E-state index in [-0.39, 0.29) is 30.0 Å². The second-order valence-electron chi connectivity index (χ2n) is 2.51. The molecule has 0 aliphatic rings. The number of nitrogens with two attached hydrogens (primary N) is 3. The fraction of sp³-hybridized carbons (Fsp3) is 0.667. The summed E-state index contributed by atoms with van der Waals surface area (Å²) >= 11 is 0. The van der Waals surface area contributed by atoms with Crippen molar-refractivity contribution in [2.24, 2.45) is 27.2 Å². The minimum atomic E-state index is -3.02. The zero-order valence-electron chi connectivity index (χ0n) is 7.97. The lowest BCUT2D eigenvalue weighted by Crippen LogP contribution is -2.26. The van der Waals surface area contributed by atoms with Crippen LogP contribution < -0.4 is 17.2 Å². The van der Waals surface area contributed by atoms with Crippen molar-refractivity contribution >= 4 is 21.8 Å². The molecule has 0 heterocycles. The van der Waals surface area contributed by atoms with Crippen LogP contribution in [0, 0.1) is 0 Å². The summed E-state index contributed by atoms with van der Waals surface area (Å²) in [6.45, 7) is 1.64. The summed E-state index contributed by atoms with van der Waals surface area (Å²) in [5.41, 5.74) is 15.3. The Hall–Kier alpha value is -1.31. The summed E-state index contributed by atoms with van der Waals surface area (Å²) in [5.74, 6) is -0.282. The van der Waals surface area contributed by atoms with Gasteiger partial charge >= 0.3 is 0 Å². The predicted molar refractivity (Wildman–Crippen MR) is 56.6 cm³/mol. The van der Waals surface area contributed by atoms with E-state index in [1.54, 1.807) is 6.92 Å². The Balaban J connectivity index is 4.13. The highest BCUT2D eigenvalue weighted by Crippen LogP contribution is 1.89. The molecule has 0 bridgehead atoms. The van der Waals surface area contributed by atoms with Crippen molar-refractivity contribution in [3.8, 4) is 0 Å². The SMILES string of the molecule is CCS(=O)(=O)CCN=C(N)N=C(N)N. The number of aliphatic imine (C=N–C) groups is 2. The van der Waals surface area contributed by atoms with Gasteiger partial charge in [0, 0.05) is 5.75 Å². The first kappa shape index (κ1) is 12.7. The first-order chi connectivity index (χ1) is 6.37. The van der Waals surface area contributed by atoms with E-state index in [9.17, 15) is 8.42 Å². The van der Waals surface area contributed by atoms with Gasteiger partial charge in [0.25, 0.3) is 0 Å². The van der Waals surface area contributed by atoms with Crippen LogP contribution in [0.1, 0.15) is 6.92 Å². The molecule has 0 aromatic carbocycles. The summed E-state index contributed by atoms with van der Waals surface area (Å²) in [4.78, 5) is 7.09. The molecule has 0 saturated carbocycles. The van der Waals surface area contributed by atoms with E-state index in [1.165, 1.54) is 0 Å². The van der Waals surface area contributed by atoms with Gasteiger partial charge < -0.3 is 17.2 Å². The maximum Gasteiger partial charge on any atom is 0.218 e. The smallest absolute Gasteiger partial charge is 0.218 e. The molecule has 0 fully saturated rings. The van der Waals surface area contributed by atoms with Gasteiger partial charge in [-0.1, -0.05) is 6.92 Å². The van der Waals surface area contributed by atoms with Gasteiger partial charge in [0.15, 0.2) is 15.8 Å². The van der Waals surface area contributed by atoms with E-state index in [4.69, 9.17) is 17.2 Å². The number of guanidine groups is 2. The molecule has 0 aromatic heterocycles. The standard InChI is InChI=1S/C6H15N5O2S/c1-2-14(12,13)4-3-10-6(9)11-5(7)8/h2-4H2,1H3,(H6,7,8,9,10,11). The van der Waals surface area contributed by atoms with Crippen molar-refractivity contribution in [1.29, 1.82) is 0 Å². The zero-order chi connectivity index (χ0) is 11.2. The lowest BCUT2D eigenvalue weighted by molar-refractivity contribution is 0.597. The normalized spacial score (nSPS) is 12.5. The fourth-order valence-electron chi connectivity index (χ4n) is 0.611. The number of hydrogen-bond donors (Lipinski definition) is 3. The van der Waals surface area contributed by atoms with Crippen LogP contribution in [0.25, 0.3) is 0 Å². The minimum absolute atomic E-state index is 0.0514. The molecule has 0 unspecified atom stereocenters. The summed E-state index contributed by atoms with van der Waals surface area (Å²) in [6.07, 6.45) is 0. The van der Waals surface area contributed by atoms with Crippen molar-refractivity contribution in [2.75, 3.05) is 18.1 Å². The highest BCUT2D eigenvalue weighted by atomic mass is 32.2. The molecule has 0 spiro atoms. The van der Waals surface area contributed by atoms with Gasteiger partial charge in [-0.3, -0.25) is 4.99 Å². The minimum Gasteiger partial charge on any atom is -0.370 e. The third-order valence-electron chi connectivity index (χ3n) is 1.36. The number of nitrogens with zero attached hydrogens (tertiary/aromatic N) is 2. The monoisotopic (exact) mass is 221 g/mol. The van der Waals surface area contributed by atoms with Gasteiger partial charge in [-0.05, 0) is 0 Å². The summed E-state index contributed by atoms with van der Waals surface area (Å²) in [7, 11) is -3.02. The zero-order valence-corrected chi connectivity index (χ0v) is 8.79. The van der Waals surface area contributed by atoms with E-state index in [1.807, 2.05) is 0 Å². The first-order valence-corrected chi connectivity index (χ1v) is 5.79. The molecule has 14 heavy (non-hydrogen) atoms. The second-order valence-corrected chi connectivity index (χ2v) is 4.99. The second kappa shape index (κ2) is 5.43. The number of rotatable bonds is 4. The predicted octanol–water partition coefficient (Wildman–Crippen LogP) is -1.99. The lowest BCUT2D eigenvalue weighted by atomic mass is 10.8. The van der Waals surface area contributed by atoms with Crippen LogP contribution in [0.3, 0.4) is 0 Å². The van der Waals surface area contributed by atoms with Gasteiger partial charge in [-0.15, -0.1) is 0 Å². The van der Waals surface area contributed by atoms with Crippen LogP contribution in [-0.2, 0) is 9.84 Å². The summed E-state index contributed by atoms with van der Waals surface area (Å²) in [5, 5.41) is 0. The number of sulfone groups is 1. The molecule has 0 radical (unpaired) electrons. The third kappa shape index (κ3) is 6.23. The van der Waals surface area contributed by atoms with Gasteiger partial charge in [0.05, 0.1) is 12.3 Å². The summed E-state index contributed by atoms with van der Waals surface area (Å²) < 4.78 is 22.0. The van der Waals surface area contributed by atoms with E-state index >= 15 is 0 Å². The summed E-state index contributed by atoms with van der Waals surface area (Å²) in [6, 6.07) is 0. The van der Waals surface area contributed by atoms with Crippen LogP contribution in [0.4, 0.5) is 0 Å². The van der Waals surface area contributed by atoms with E-state index in [0.29, 0.717) is 0 Å². The Morgan fingerprint density at radius 2 is 1.86 bits per heavy atom. The Kier molecular flexibility index (Phi) is 4.92. The Labute approximate surface area is 83.0 Å². The quantitative estimate of drug-likeness (QED) is 0.373. The molecule has 82 valence electrons. The van der Waals surface area contributed by atoms with E-state index in [2.05, 4.69) is 9.98 Å². The maximum atomic E-state index is 11.0. The van der Waals surface area contributed by atoms with Crippen LogP contribution in [-0.4, -0.2) is 38.4 Å². The molecule has 8 heteroatoms. The highest BCUT2D eigenvalue weighted by Gasteiger charge is 2.05. The van der Waals surface area contributed by atoms with Crippen LogP contribution >= 0.6 is 0 Å². The van der Waals surface area contributed by atoms with Gasteiger partial charge in [0.2, 0.25) is 5.96 Å². The van der Waals surface area contributed by atoms with Crippen molar-refractivity contribution < 1.29 is 8.42 Å². The average Bonchev–Trinajstić information content (AvgIpc) is 2.02. The van der Waals surface area contributed by atoms with Crippen LogP contribution in [0.15, 0.2) is 9.98 Å². The van der Waals surface area contributed by atoms with Gasteiger partial charge in [-0.2, -0.15) is 4.99 Å². The van der Waals surface area contributed by atoms with Crippen molar-refractivity contribution in [2.45, 2.75) is 6.92 Å². The molecule has 0 atom stereocenters. The van der Waals surface area contributed by atoms with Crippen LogP contribution in [0.2, 0.25) is 0 Å². The topological polar surface area (TPSA) is 137 Å². The molecule has 0 rings (SSSR count). The van der Waals surface area contributed by atoms with Crippen molar-refractivity contribution in [3.63, 3.8) is 0 Å². The Morgan fingerprint density at radius 3 is 2.29 bits per heavy atom. The van der Waals surface area contributed by atoms with E-state index in [0.717, 1.165) is 0 Å². The molecule has 0 amide bonds. The average molecular weight is 221 g/mol. The first-order valence-electron chi connectivity index (χ1n) is 3.97. The maximum absolute atomic E-state index is 11.0. The Morgan fingerprint density at radius 1 is 1.29 bits per heavy atom. The highest BCUT2D eigenvalue weighted by molar-refractivity contribution is 7.91. The molecule has 0 aliphatic heterocycles. The number of hydrogen-bond acceptors (Lipinski definition) is 3. The largest absolute Gasteiger partial charge is 0.370 e. The van der Waals surface area contributed by atoms with Gasteiger partial charge in [0.1, 0.15) is 0 Å². The molecule has 0 aliphatic carbocycles.